The molecule has 0 unspecified atom stereocenters. The predicted octanol–water partition coefficient (Wildman–Crippen LogP) is 14.3. The van der Waals surface area contributed by atoms with Gasteiger partial charge in [-0.25, -0.2) is 0 Å². The van der Waals surface area contributed by atoms with Crippen LogP contribution in [0.3, 0.4) is 0 Å². The highest BCUT2D eigenvalue weighted by Crippen LogP contribution is 2.42. The van der Waals surface area contributed by atoms with E-state index in [4.69, 9.17) is 11.0 Å². The summed E-state index contributed by atoms with van der Waals surface area (Å²) in [6.45, 7) is 0. The van der Waals surface area contributed by atoms with Crippen molar-refractivity contribution < 1.29 is 28.8 Å². The minimum atomic E-state index is -0.863. The van der Waals surface area contributed by atoms with Crippen molar-refractivity contribution in [1.29, 1.82) is 0 Å². The molecule has 9 aromatic carbocycles. The molecule has 0 aliphatic heterocycles. The molecular formula is C54H35N3. The van der Waals surface area contributed by atoms with Crippen LogP contribution in [0.15, 0.2) is 212 Å². The van der Waals surface area contributed by atoms with Crippen LogP contribution in [0.4, 0.5) is 0 Å². The summed E-state index contributed by atoms with van der Waals surface area (Å²) in [7, 11) is 0. The lowest BCUT2D eigenvalue weighted by molar-refractivity contribution is 1.13. The van der Waals surface area contributed by atoms with E-state index in [9.17, 15) is 17.8 Å². The molecule has 0 bridgehead atoms. The number of aromatic nitrogens is 3. The van der Waals surface area contributed by atoms with Gasteiger partial charge in [0.2, 0.25) is 0 Å². The molecule has 0 aliphatic carbocycles. The van der Waals surface area contributed by atoms with Crippen molar-refractivity contribution >= 4 is 65.4 Å². The molecule has 0 amide bonds. The first-order valence-corrected chi connectivity index (χ1v) is 17.9. The second-order valence-electron chi connectivity index (χ2n) is 13.3. The standard InChI is InChI=1S/C54H35N3/c1-3-16-36(17-4-1)40-20-7-11-25-47(40)57-49-27-13-8-21-41(49)44-32-30-38(35-53(44)57)37-31-33-51-46(34-37)43-23-10-14-28-50(43)56(51)52-29-15-24-45-42-22-9-12-26-48(42)55(54(45)52)39-18-5-2-6-19-39/h1-35H/i8D,9D,10D,12D,13D,14D,15D,21D,22D,23D,24D,26D,27D,28D,29D,30D,31D,32D,33D,34D,35D. The lowest BCUT2D eigenvalue weighted by Gasteiger charge is -2.15. The Bertz CT molecular complexity index is 4740. The van der Waals surface area contributed by atoms with Crippen LogP contribution in [0.2, 0.25) is 0 Å². The maximum absolute atomic E-state index is 10.2. The van der Waals surface area contributed by atoms with Crippen LogP contribution >= 0.6 is 0 Å². The smallest absolute Gasteiger partial charge is 0.0782 e. The van der Waals surface area contributed by atoms with Crippen molar-refractivity contribution in [1.82, 2.24) is 13.7 Å². The van der Waals surface area contributed by atoms with E-state index >= 15 is 0 Å². The van der Waals surface area contributed by atoms with E-state index in [0.29, 0.717) is 16.8 Å². The topological polar surface area (TPSA) is 14.8 Å². The van der Waals surface area contributed by atoms with Gasteiger partial charge in [-0.05, 0) is 77.2 Å². The van der Waals surface area contributed by atoms with Gasteiger partial charge >= 0.3 is 0 Å². The largest absolute Gasteiger partial charge is 0.309 e. The van der Waals surface area contributed by atoms with Crippen LogP contribution in [-0.4, -0.2) is 13.7 Å². The predicted molar refractivity (Wildman–Crippen MR) is 240 cm³/mol. The molecule has 3 heterocycles. The van der Waals surface area contributed by atoms with Gasteiger partial charge in [0, 0.05) is 43.6 Å². The molecule has 12 rings (SSSR count). The summed E-state index contributed by atoms with van der Waals surface area (Å²) >= 11 is 0. The lowest BCUT2D eigenvalue weighted by atomic mass is 10.0. The third-order valence-electron chi connectivity index (χ3n) is 10.2. The number of fused-ring (bicyclic) bond motifs is 9. The quantitative estimate of drug-likeness (QED) is 0.167. The van der Waals surface area contributed by atoms with Gasteiger partial charge in [-0.2, -0.15) is 0 Å². The van der Waals surface area contributed by atoms with Crippen molar-refractivity contribution in [2.45, 2.75) is 0 Å². The molecule has 0 atom stereocenters. The van der Waals surface area contributed by atoms with Gasteiger partial charge < -0.3 is 13.7 Å². The van der Waals surface area contributed by atoms with Gasteiger partial charge in [-0.15, -0.1) is 0 Å². The normalized spacial score (nSPS) is 17.0. The Hall–Kier alpha value is -7.62. The summed E-state index contributed by atoms with van der Waals surface area (Å²) < 4.78 is 200. The second kappa shape index (κ2) is 12.5. The van der Waals surface area contributed by atoms with E-state index in [1.54, 1.807) is 72.8 Å². The van der Waals surface area contributed by atoms with Gasteiger partial charge in [0.05, 0.1) is 73.3 Å². The van der Waals surface area contributed by atoms with Crippen LogP contribution in [-0.2, 0) is 0 Å². The number of benzene rings is 9. The van der Waals surface area contributed by atoms with Gasteiger partial charge in [-0.1, -0.05) is 151 Å². The van der Waals surface area contributed by atoms with Crippen LogP contribution in [0, 0.1) is 0 Å². The van der Waals surface area contributed by atoms with E-state index < -0.39 is 166 Å². The molecule has 0 saturated heterocycles. The molecule has 0 fully saturated rings. The zero-order chi connectivity index (χ0) is 55.7. The molecule has 0 radical (unpaired) electrons. The van der Waals surface area contributed by atoms with Crippen LogP contribution in [0.5, 0.6) is 0 Å². The van der Waals surface area contributed by atoms with Gasteiger partial charge in [0.1, 0.15) is 0 Å². The highest BCUT2D eigenvalue weighted by Gasteiger charge is 2.21. The molecule has 3 aromatic heterocycles. The van der Waals surface area contributed by atoms with E-state index in [-0.39, 0.29) is 49.3 Å². The average molecular weight is 747 g/mol. The molecule has 57 heavy (non-hydrogen) atoms. The fourth-order valence-corrected chi connectivity index (χ4v) is 7.82. The highest BCUT2D eigenvalue weighted by atomic mass is 15.1. The minimum absolute atomic E-state index is 0.142. The van der Waals surface area contributed by atoms with Crippen molar-refractivity contribution in [3.8, 4) is 39.3 Å². The van der Waals surface area contributed by atoms with E-state index in [0.717, 1.165) is 4.57 Å². The first-order valence-electron chi connectivity index (χ1n) is 28.4. The molecule has 0 saturated carbocycles. The van der Waals surface area contributed by atoms with Crippen molar-refractivity contribution in [2.24, 2.45) is 0 Å². The third-order valence-corrected chi connectivity index (χ3v) is 10.2. The highest BCUT2D eigenvalue weighted by molar-refractivity contribution is 6.16. The van der Waals surface area contributed by atoms with Gasteiger partial charge in [-0.3, -0.25) is 0 Å². The number of hydrogen-bond acceptors (Lipinski definition) is 0. The maximum Gasteiger partial charge on any atom is 0.0782 e. The fourth-order valence-electron chi connectivity index (χ4n) is 7.82. The lowest BCUT2D eigenvalue weighted by Crippen LogP contribution is -2.00. The fraction of sp³-hybridized carbons (Fsp3) is 0. The van der Waals surface area contributed by atoms with Crippen molar-refractivity contribution in [2.75, 3.05) is 0 Å². The molecule has 3 nitrogen and oxygen atoms in total. The Balaban J connectivity index is 1.31. The van der Waals surface area contributed by atoms with E-state index in [1.165, 1.54) is 9.13 Å². The summed E-state index contributed by atoms with van der Waals surface area (Å²) in [6, 6.07) is 9.21. The van der Waals surface area contributed by atoms with Crippen molar-refractivity contribution in [3.05, 3.63) is 212 Å². The van der Waals surface area contributed by atoms with Crippen LogP contribution < -0.4 is 0 Å². The summed E-state index contributed by atoms with van der Waals surface area (Å²) in [4.78, 5) is 0. The Morgan fingerprint density at radius 3 is 1.60 bits per heavy atom. The van der Waals surface area contributed by atoms with Crippen LogP contribution in [0.25, 0.3) is 105 Å². The maximum atomic E-state index is 10.2. The molecule has 0 N–H and O–H groups in total. The van der Waals surface area contributed by atoms with Gasteiger partial charge in [0.25, 0.3) is 0 Å². The molecule has 266 valence electrons. The SMILES string of the molecule is [2H]c1c([2H])c([2H])c2c(c1[2H])c1c([2H])c([2H])c([2H])c(-n3c4c([2H])c([2H])c([2H])c([2H])c4c4c([2H])c(-c5c([2H])c([2H])c6c7c([2H])c([2H])c([2H])c([2H])c7n(-c7ccccc7-c7ccccc7)c6c5[2H])c([2H])c([2H])c43)c1n2-c1ccccc1. The number of para-hydroxylation sites is 6. The monoisotopic (exact) mass is 746 g/mol. The molecular weight excluding hydrogens is 691 g/mol. The Morgan fingerprint density at radius 1 is 0.316 bits per heavy atom. The third kappa shape index (κ3) is 4.73. The van der Waals surface area contributed by atoms with E-state index in [1.807, 2.05) is 12.1 Å². The number of rotatable bonds is 5. The second-order valence-corrected chi connectivity index (χ2v) is 13.3. The summed E-state index contributed by atoms with van der Waals surface area (Å²) in [5.41, 5.74) is -1.61. The Kier molecular flexibility index (Phi) is 3.81. The zero-order valence-electron chi connectivity index (χ0n) is 50.4. The minimum Gasteiger partial charge on any atom is -0.309 e. The van der Waals surface area contributed by atoms with E-state index in [2.05, 4.69) is 0 Å². The molecule has 3 heteroatoms. The number of nitrogens with zero attached hydrogens (tertiary/aromatic N) is 3. The molecule has 0 spiro atoms. The Labute approximate surface area is 359 Å². The summed E-state index contributed by atoms with van der Waals surface area (Å²) in [6.07, 6.45) is 0. The zero-order valence-corrected chi connectivity index (χ0v) is 29.4. The summed E-state index contributed by atoms with van der Waals surface area (Å²) in [5.74, 6) is 0. The van der Waals surface area contributed by atoms with Crippen molar-refractivity contribution in [3.63, 3.8) is 0 Å². The van der Waals surface area contributed by atoms with Gasteiger partial charge in [0.15, 0.2) is 0 Å². The number of hydrogen-bond donors (Lipinski definition) is 0. The summed E-state index contributed by atoms with van der Waals surface area (Å²) in [5, 5.41) is -1.77. The molecule has 0 aliphatic rings. The average Bonchev–Trinajstić information content (AvgIpc) is 4.05. The first kappa shape index (κ1) is 17.5. The molecule has 12 aromatic rings. The van der Waals surface area contributed by atoms with Crippen LogP contribution in [0.1, 0.15) is 28.8 Å². The first-order chi connectivity index (χ1) is 37.1. The Morgan fingerprint density at radius 2 is 0.842 bits per heavy atom.